The number of fused-ring (bicyclic) bond motifs is 1. The van der Waals surface area contributed by atoms with Gasteiger partial charge < -0.3 is 9.15 Å². The molecule has 0 fully saturated rings. The minimum absolute atomic E-state index is 0.0193. The van der Waals surface area contributed by atoms with Gasteiger partial charge >= 0.3 is 5.76 Å². The average Bonchev–Trinajstić information content (AvgIpc) is 2.49. The van der Waals surface area contributed by atoms with Gasteiger partial charge in [0.25, 0.3) is 5.56 Å². The highest BCUT2D eigenvalue weighted by Crippen LogP contribution is 2.25. The van der Waals surface area contributed by atoms with Crippen LogP contribution in [0.25, 0.3) is 16.7 Å². The maximum Gasteiger partial charge on any atom is 0.427 e. The Bertz CT molecular complexity index is 974. The van der Waals surface area contributed by atoms with E-state index in [2.05, 4.69) is 0 Å². The number of aromatic nitrogens is 1. The number of hydrogen-bond donors (Lipinski definition) is 0. The monoisotopic (exact) mass is 337 g/mol. The largest absolute Gasteiger partial charge is 0.497 e. The van der Waals surface area contributed by atoms with Crippen molar-refractivity contribution in [2.75, 3.05) is 7.11 Å². The van der Waals surface area contributed by atoms with E-state index in [0.717, 1.165) is 4.57 Å². The predicted octanol–water partition coefficient (Wildman–Crippen LogP) is 3.26. The Morgan fingerprint density at radius 2 is 1.77 bits per heavy atom. The van der Waals surface area contributed by atoms with Crippen LogP contribution in [0.5, 0.6) is 5.75 Å². The molecule has 7 heteroatoms. The zero-order valence-electron chi connectivity index (χ0n) is 11.3. The lowest BCUT2D eigenvalue weighted by atomic mass is 10.2. The second-order valence-corrected chi connectivity index (χ2v) is 5.31. The molecule has 0 saturated carbocycles. The molecule has 0 saturated heterocycles. The summed E-state index contributed by atoms with van der Waals surface area (Å²) in [6.45, 7) is 0. The minimum atomic E-state index is -0.827. The van der Waals surface area contributed by atoms with Gasteiger partial charge in [0.05, 0.1) is 23.2 Å². The van der Waals surface area contributed by atoms with Crippen LogP contribution in [0.4, 0.5) is 0 Å². The van der Waals surface area contributed by atoms with E-state index in [9.17, 15) is 9.59 Å². The van der Waals surface area contributed by atoms with Gasteiger partial charge in [-0.25, -0.2) is 9.36 Å². The predicted molar refractivity (Wildman–Crippen MR) is 84.7 cm³/mol. The molecule has 112 valence electrons. The maximum atomic E-state index is 12.6. The highest BCUT2D eigenvalue weighted by molar-refractivity contribution is 6.38. The van der Waals surface area contributed by atoms with Crippen LogP contribution in [0.1, 0.15) is 0 Å². The molecule has 0 amide bonds. The fourth-order valence-electron chi connectivity index (χ4n) is 2.11. The van der Waals surface area contributed by atoms with Crippen molar-refractivity contribution in [3.8, 4) is 11.4 Å². The number of halogens is 2. The van der Waals surface area contributed by atoms with E-state index < -0.39 is 11.3 Å². The van der Waals surface area contributed by atoms with Gasteiger partial charge in [-0.15, -0.1) is 0 Å². The lowest BCUT2D eigenvalue weighted by Crippen LogP contribution is -2.30. The summed E-state index contributed by atoms with van der Waals surface area (Å²) in [5.41, 5.74) is -0.177. The van der Waals surface area contributed by atoms with Gasteiger partial charge in [0.1, 0.15) is 5.75 Å². The summed E-state index contributed by atoms with van der Waals surface area (Å²) in [6.07, 6.45) is 0. The van der Waals surface area contributed by atoms with Crippen LogP contribution in [0.15, 0.2) is 50.4 Å². The van der Waals surface area contributed by atoms with E-state index in [1.165, 1.54) is 19.2 Å². The molecule has 0 N–H and O–H groups in total. The van der Waals surface area contributed by atoms with Gasteiger partial charge in [-0.05, 0) is 36.4 Å². The molecule has 0 bridgehead atoms. The first-order valence-electron chi connectivity index (χ1n) is 6.20. The number of benzene rings is 2. The lowest BCUT2D eigenvalue weighted by Gasteiger charge is -2.07. The highest BCUT2D eigenvalue weighted by Gasteiger charge is 2.14. The molecule has 0 atom stereocenters. The fraction of sp³-hybridized carbons (Fsp3) is 0.0667. The Balaban J connectivity index is 2.34. The van der Waals surface area contributed by atoms with Crippen LogP contribution in [0, 0.1) is 0 Å². The van der Waals surface area contributed by atoms with Gasteiger partial charge in [0, 0.05) is 5.02 Å². The molecule has 5 nitrogen and oxygen atoms in total. The SMILES string of the molecule is COc1ccc(-n2c(=O)oc3c(Cl)cc(Cl)cc3c2=O)cc1. The quantitative estimate of drug-likeness (QED) is 0.720. The zero-order chi connectivity index (χ0) is 15.9. The standard InChI is InChI=1S/C15H9Cl2NO4/c1-21-10-4-2-9(3-5-10)18-14(19)11-6-8(16)7-12(17)13(11)22-15(18)20/h2-7H,1H3. The van der Waals surface area contributed by atoms with Crippen LogP contribution in [0.3, 0.4) is 0 Å². The smallest absolute Gasteiger partial charge is 0.427 e. The van der Waals surface area contributed by atoms with E-state index in [1.54, 1.807) is 24.3 Å². The third-order valence-corrected chi connectivity index (χ3v) is 3.64. The van der Waals surface area contributed by atoms with Crippen molar-refractivity contribution in [1.29, 1.82) is 0 Å². The van der Waals surface area contributed by atoms with E-state index in [-0.39, 0.29) is 21.0 Å². The molecule has 2 aromatic carbocycles. The van der Waals surface area contributed by atoms with Crippen LogP contribution in [-0.2, 0) is 0 Å². The third kappa shape index (κ3) is 2.38. The molecule has 0 aliphatic carbocycles. The van der Waals surface area contributed by atoms with E-state index in [0.29, 0.717) is 11.4 Å². The molecule has 22 heavy (non-hydrogen) atoms. The maximum absolute atomic E-state index is 12.6. The van der Waals surface area contributed by atoms with Gasteiger partial charge in [-0.1, -0.05) is 23.2 Å². The molecule has 0 radical (unpaired) electrons. The Morgan fingerprint density at radius 3 is 2.41 bits per heavy atom. The number of rotatable bonds is 2. The van der Waals surface area contributed by atoms with Crippen LogP contribution < -0.4 is 16.1 Å². The van der Waals surface area contributed by atoms with Crippen molar-refractivity contribution >= 4 is 34.2 Å². The molecule has 0 unspecified atom stereocenters. The summed E-state index contributed by atoms with van der Waals surface area (Å²) in [4.78, 5) is 24.7. The van der Waals surface area contributed by atoms with E-state index in [1.807, 2.05) is 0 Å². The Kier molecular flexibility index (Phi) is 3.68. The molecular formula is C15H9Cl2NO4. The normalized spacial score (nSPS) is 10.9. The molecule has 0 aliphatic rings. The van der Waals surface area contributed by atoms with Crippen molar-refractivity contribution < 1.29 is 9.15 Å². The van der Waals surface area contributed by atoms with Crippen LogP contribution >= 0.6 is 23.2 Å². The van der Waals surface area contributed by atoms with Crippen molar-refractivity contribution in [2.24, 2.45) is 0 Å². The first-order chi connectivity index (χ1) is 10.5. The number of nitrogens with zero attached hydrogens (tertiary/aromatic N) is 1. The van der Waals surface area contributed by atoms with Gasteiger partial charge in [-0.2, -0.15) is 0 Å². The van der Waals surface area contributed by atoms with Gasteiger partial charge in [0.2, 0.25) is 0 Å². The molecule has 0 spiro atoms. The summed E-state index contributed by atoms with van der Waals surface area (Å²) in [5, 5.41) is 0.524. The lowest BCUT2D eigenvalue weighted by molar-refractivity contribution is 0.414. The molecule has 3 aromatic rings. The fourth-order valence-corrected chi connectivity index (χ4v) is 2.65. The zero-order valence-corrected chi connectivity index (χ0v) is 12.8. The number of hydrogen-bond acceptors (Lipinski definition) is 4. The molecule has 1 aromatic heterocycles. The number of methoxy groups -OCH3 is 1. The number of ether oxygens (including phenoxy) is 1. The van der Waals surface area contributed by atoms with Crippen LogP contribution in [0.2, 0.25) is 10.0 Å². The summed E-state index contributed by atoms with van der Waals surface area (Å²) in [6, 6.07) is 9.25. The Labute approximate surface area is 134 Å². The Morgan fingerprint density at radius 1 is 1.09 bits per heavy atom. The summed E-state index contributed by atoms with van der Waals surface area (Å²) < 4.78 is 11.1. The average molecular weight is 338 g/mol. The minimum Gasteiger partial charge on any atom is -0.497 e. The van der Waals surface area contributed by atoms with Gasteiger partial charge in [-0.3, -0.25) is 4.79 Å². The summed E-state index contributed by atoms with van der Waals surface area (Å²) in [5.74, 6) is -0.222. The van der Waals surface area contributed by atoms with Gasteiger partial charge in [0.15, 0.2) is 5.58 Å². The highest BCUT2D eigenvalue weighted by atomic mass is 35.5. The summed E-state index contributed by atoms with van der Waals surface area (Å²) in [7, 11) is 1.52. The Hall–Kier alpha value is -2.24. The van der Waals surface area contributed by atoms with Crippen molar-refractivity contribution in [3.05, 3.63) is 67.3 Å². The second-order valence-electron chi connectivity index (χ2n) is 4.47. The molecule has 0 aliphatic heterocycles. The molecular weight excluding hydrogens is 329 g/mol. The topological polar surface area (TPSA) is 61.4 Å². The van der Waals surface area contributed by atoms with Crippen molar-refractivity contribution in [3.63, 3.8) is 0 Å². The first kappa shape index (κ1) is 14.7. The van der Waals surface area contributed by atoms with Crippen molar-refractivity contribution in [2.45, 2.75) is 0 Å². The van der Waals surface area contributed by atoms with Crippen molar-refractivity contribution in [1.82, 2.24) is 4.57 Å². The van der Waals surface area contributed by atoms with E-state index in [4.69, 9.17) is 32.4 Å². The molecule has 1 heterocycles. The van der Waals surface area contributed by atoms with Crippen LogP contribution in [-0.4, -0.2) is 11.7 Å². The second kappa shape index (κ2) is 5.51. The first-order valence-corrected chi connectivity index (χ1v) is 6.96. The summed E-state index contributed by atoms with van der Waals surface area (Å²) >= 11 is 11.9. The van der Waals surface area contributed by atoms with E-state index >= 15 is 0 Å². The molecule has 3 rings (SSSR count). The third-order valence-electron chi connectivity index (χ3n) is 3.14.